The van der Waals surface area contributed by atoms with Crippen LogP contribution in [0.3, 0.4) is 0 Å². The van der Waals surface area contributed by atoms with Crippen molar-refractivity contribution in [1.29, 1.82) is 0 Å². The summed E-state index contributed by atoms with van der Waals surface area (Å²) in [5, 5.41) is 3.62. The first-order chi connectivity index (χ1) is 9.81. The number of hydrogen-bond donors (Lipinski definition) is 1. The number of thioether (sulfide) groups is 1. The lowest BCUT2D eigenvalue weighted by Gasteiger charge is -2.24. The summed E-state index contributed by atoms with van der Waals surface area (Å²) in [6.45, 7) is 14.0. The fraction of sp³-hybridized carbons (Fsp3) is 0.706. The maximum atomic E-state index is 5.76. The van der Waals surface area contributed by atoms with Gasteiger partial charge in [0.25, 0.3) is 0 Å². The molecule has 0 saturated carbocycles. The highest BCUT2D eigenvalue weighted by Gasteiger charge is 2.17. The fourth-order valence-electron chi connectivity index (χ4n) is 1.89. The van der Waals surface area contributed by atoms with Gasteiger partial charge in [0.2, 0.25) is 0 Å². The van der Waals surface area contributed by atoms with E-state index in [1.807, 2.05) is 31.8 Å². The van der Waals surface area contributed by atoms with E-state index >= 15 is 0 Å². The number of nitrogens with one attached hydrogen (secondary N) is 1. The van der Waals surface area contributed by atoms with E-state index in [1.165, 1.54) is 5.56 Å². The third kappa shape index (κ3) is 7.72. The second-order valence-electron chi connectivity index (χ2n) is 6.55. The molecular formula is C17H30N2OS. The molecule has 21 heavy (non-hydrogen) atoms. The van der Waals surface area contributed by atoms with E-state index in [4.69, 9.17) is 4.74 Å². The molecule has 0 bridgehead atoms. The van der Waals surface area contributed by atoms with Gasteiger partial charge in [0.05, 0.1) is 12.3 Å². The standard InChI is InChI=1S/C17H30N2OS/c1-7-8-19-16(12-21-17(4,5)6)14-9-15(11-18-10-14)20-13(2)3/h9-11,13,16,19H,7-8,12H2,1-6H3. The Hall–Kier alpha value is -0.740. The number of nitrogens with zero attached hydrogens (tertiary/aromatic N) is 1. The Balaban J connectivity index is 2.81. The molecule has 0 aliphatic rings. The van der Waals surface area contributed by atoms with Crippen LogP contribution in [0.15, 0.2) is 18.5 Å². The van der Waals surface area contributed by atoms with Gasteiger partial charge in [-0.15, -0.1) is 0 Å². The third-order valence-corrected chi connectivity index (χ3v) is 4.20. The van der Waals surface area contributed by atoms with Gasteiger partial charge >= 0.3 is 0 Å². The van der Waals surface area contributed by atoms with Gasteiger partial charge in [0.1, 0.15) is 5.75 Å². The molecule has 1 heterocycles. The molecule has 3 nitrogen and oxygen atoms in total. The molecular weight excluding hydrogens is 280 g/mol. The number of pyridine rings is 1. The first-order valence-corrected chi connectivity index (χ1v) is 8.79. The van der Waals surface area contributed by atoms with Crippen molar-refractivity contribution in [2.75, 3.05) is 12.3 Å². The third-order valence-electron chi connectivity index (χ3n) is 2.83. The zero-order chi connectivity index (χ0) is 15.9. The molecule has 0 aromatic carbocycles. The monoisotopic (exact) mass is 310 g/mol. The summed E-state index contributed by atoms with van der Waals surface area (Å²) in [5.74, 6) is 1.89. The Labute approximate surface area is 134 Å². The maximum Gasteiger partial charge on any atom is 0.138 e. The second-order valence-corrected chi connectivity index (χ2v) is 8.40. The predicted molar refractivity (Wildman–Crippen MR) is 93.2 cm³/mol. The van der Waals surface area contributed by atoms with Crippen LogP contribution in [-0.2, 0) is 0 Å². The average molecular weight is 311 g/mol. The van der Waals surface area contributed by atoms with Crippen LogP contribution in [0.25, 0.3) is 0 Å². The van der Waals surface area contributed by atoms with Crippen molar-refractivity contribution in [3.05, 3.63) is 24.0 Å². The van der Waals surface area contributed by atoms with E-state index in [-0.39, 0.29) is 10.9 Å². The fourth-order valence-corrected chi connectivity index (χ4v) is 2.86. The summed E-state index contributed by atoms with van der Waals surface area (Å²) in [5.41, 5.74) is 1.21. The summed E-state index contributed by atoms with van der Waals surface area (Å²) < 4.78 is 6.03. The molecule has 1 aromatic heterocycles. The van der Waals surface area contributed by atoms with Gasteiger partial charge in [-0.25, -0.2) is 0 Å². The molecule has 0 aliphatic heterocycles. The zero-order valence-corrected chi connectivity index (χ0v) is 15.1. The normalized spacial score (nSPS) is 13.5. The summed E-state index contributed by atoms with van der Waals surface area (Å²) >= 11 is 1.98. The highest BCUT2D eigenvalue weighted by atomic mass is 32.2. The largest absolute Gasteiger partial charge is 0.489 e. The molecule has 0 saturated heterocycles. The number of rotatable bonds is 8. The van der Waals surface area contributed by atoms with E-state index in [9.17, 15) is 0 Å². The average Bonchev–Trinajstić information content (AvgIpc) is 2.37. The Morgan fingerprint density at radius 3 is 2.57 bits per heavy atom. The Bertz CT molecular complexity index is 415. The van der Waals surface area contributed by atoms with Crippen molar-refractivity contribution in [3.8, 4) is 5.75 Å². The molecule has 1 N–H and O–H groups in total. The lowest BCUT2D eigenvalue weighted by Crippen LogP contribution is -2.26. The molecule has 0 spiro atoms. The van der Waals surface area contributed by atoms with Crippen LogP contribution in [-0.4, -0.2) is 28.1 Å². The van der Waals surface area contributed by atoms with Crippen molar-refractivity contribution in [1.82, 2.24) is 10.3 Å². The highest BCUT2D eigenvalue weighted by molar-refractivity contribution is 8.00. The van der Waals surface area contributed by atoms with Crippen LogP contribution in [0.4, 0.5) is 0 Å². The van der Waals surface area contributed by atoms with Gasteiger partial charge in [-0.3, -0.25) is 4.98 Å². The minimum atomic E-state index is 0.174. The lowest BCUT2D eigenvalue weighted by atomic mass is 10.1. The Kier molecular flexibility index (Phi) is 7.53. The van der Waals surface area contributed by atoms with Crippen molar-refractivity contribution in [2.45, 2.75) is 64.9 Å². The van der Waals surface area contributed by atoms with Gasteiger partial charge in [-0.2, -0.15) is 11.8 Å². The molecule has 1 aromatic rings. The van der Waals surface area contributed by atoms with E-state index in [2.05, 4.69) is 44.1 Å². The van der Waals surface area contributed by atoms with Gasteiger partial charge in [-0.05, 0) is 38.4 Å². The van der Waals surface area contributed by atoms with Gasteiger partial charge < -0.3 is 10.1 Å². The molecule has 0 amide bonds. The molecule has 4 heteroatoms. The zero-order valence-electron chi connectivity index (χ0n) is 14.3. The summed E-state index contributed by atoms with van der Waals surface area (Å²) in [4.78, 5) is 4.34. The van der Waals surface area contributed by atoms with Crippen molar-refractivity contribution >= 4 is 11.8 Å². The molecule has 1 rings (SSSR count). The predicted octanol–water partition coefficient (Wildman–Crippen LogP) is 4.44. The van der Waals surface area contributed by atoms with Crippen LogP contribution in [0.5, 0.6) is 5.75 Å². The van der Waals surface area contributed by atoms with E-state index < -0.39 is 0 Å². The van der Waals surface area contributed by atoms with Crippen LogP contribution in [0.1, 0.15) is 59.6 Å². The maximum absolute atomic E-state index is 5.76. The first-order valence-electron chi connectivity index (χ1n) is 7.80. The molecule has 0 radical (unpaired) electrons. The van der Waals surface area contributed by atoms with Crippen LogP contribution < -0.4 is 10.1 Å². The minimum absolute atomic E-state index is 0.174. The molecule has 120 valence electrons. The minimum Gasteiger partial charge on any atom is -0.489 e. The van der Waals surface area contributed by atoms with Crippen molar-refractivity contribution in [3.63, 3.8) is 0 Å². The molecule has 0 fully saturated rings. The smallest absolute Gasteiger partial charge is 0.138 e. The SMILES string of the molecule is CCCNC(CSC(C)(C)C)c1cncc(OC(C)C)c1. The van der Waals surface area contributed by atoms with Crippen LogP contribution >= 0.6 is 11.8 Å². The Morgan fingerprint density at radius 2 is 2.00 bits per heavy atom. The Morgan fingerprint density at radius 1 is 1.29 bits per heavy atom. The molecule has 1 atom stereocenters. The molecule has 1 unspecified atom stereocenters. The number of ether oxygens (including phenoxy) is 1. The number of aromatic nitrogens is 1. The van der Waals surface area contributed by atoms with E-state index in [1.54, 1.807) is 6.20 Å². The van der Waals surface area contributed by atoms with Crippen molar-refractivity contribution in [2.24, 2.45) is 0 Å². The summed E-state index contributed by atoms with van der Waals surface area (Å²) in [7, 11) is 0. The van der Waals surface area contributed by atoms with Crippen LogP contribution in [0, 0.1) is 0 Å². The van der Waals surface area contributed by atoms with Gasteiger partial charge in [0, 0.05) is 22.7 Å². The summed E-state index contributed by atoms with van der Waals surface area (Å²) in [6.07, 6.45) is 5.04. The highest BCUT2D eigenvalue weighted by Crippen LogP contribution is 2.29. The van der Waals surface area contributed by atoms with E-state index in [0.29, 0.717) is 6.04 Å². The molecule has 0 aliphatic carbocycles. The van der Waals surface area contributed by atoms with Gasteiger partial charge in [-0.1, -0.05) is 27.7 Å². The number of hydrogen-bond acceptors (Lipinski definition) is 4. The lowest BCUT2D eigenvalue weighted by molar-refractivity contribution is 0.241. The van der Waals surface area contributed by atoms with E-state index in [0.717, 1.165) is 24.5 Å². The first kappa shape index (κ1) is 18.3. The quantitative estimate of drug-likeness (QED) is 0.769. The topological polar surface area (TPSA) is 34.2 Å². The summed E-state index contributed by atoms with van der Waals surface area (Å²) in [6, 6.07) is 2.43. The van der Waals surface area contributed by atoms with Crippen molar-refractivity contribution < 1.29 is 4.74 Å². The second kappa shape index (κ2) is 8.64. The van der Waals surface area contributed by atoms with Crippen LogP contribution in [0.2, 0.25) is 0 Å². The van der Waals surface area contributed by atoms with Gasteiger partial charge in [0.15, 0.2) is 0 Å².